The van der Waals surface area contributed by atoms with Crippen LogP contribution < -0.4 is 5.32 Å². The molecule has 0 bridgehead atoms. The van der Waals surface area contributed by atoms with E-state index in [0.29, 0.717) is 11.4 Å². The molecule has 24 heavy (non-hydrogen) atoms. The van der Waals surface area contributed by atoms with Gasteiger partial charge in [-0.2, -0.15) is 0 Å². The topological polar surface area (TPSA) is 91.2 Å². The Morgan fingerprint density at radius 2 is 1.92 bits per heavy atom. The summed E-state index contributed by atoms with van der Waals surface area (Å²) in [5.74, 6) is 0.965. The van der Waals surface area contributed by atoms with Crippen LogP contribution in [0.3, 0.4) is 0 Å². The lowest BCUT2D eigenvalue weighted by atomic mass is 9.77. The van der Waals surface area contributed by atoms with E-state index in [1.807, 2.05) is 13.8 Å². The van der Waals surface area contributed by atoms with Crippen LogP contribution in [-0.4, -0.2) is 37.0 Å². The van der Waals surface area contributed by atoms with Crippen molar-refractivity contribution in [1.82, 2.24) is 15.2 Å². The van der Waals surface area contributed by atoms with Gasteiger partial charge in [0.1, 0.15) is 17.1 Å². The van der Waals surface area contributed by atoms with E-state index in [9.17, 15) is 10.2 Å². The summed E-state index contributed by atoms with van der Waals surface area (Å²) in [6, 6.07) is 1.95. The van der Waals surface area contributed by atoms with Gasteiger partial charge in [-0.3, -0.25) is 4.98 Å². The summed E-state index contributed by atoms with van der Waals surface area (Å²) in [4.78, 5) is 4.36. The van der Waals surface area contributed by atoms with Crippen molar-refractivity contribution < 1.29 is 10.2 Å². The van der Waals surface area contributed by atoms with E-state index in [1.54, 1.807) is 12.3 Å². The molecule has 2 aliphatic carbocycles. The van der Waals surface area contributed by atoms with Crippen LogP contribution in [0.2, 0.25) is 0 Å². The monoisotopic (exact) mass is 326 g/mol. The van der Waals surface area contributed by atoms with Gasteiger partial charge in [0.15, 0.2) is 5.82 Å². The van der Waals surface area contributed by atoms with Crippen LogP contribution in [0, 0.1) is 6.92 Å². The van der Waals surface area contributed by atoms with Gasteiger partial charge in [0.25, 0.3) is 0 Å². The van der Waals surface area contributed by atoms with Crippen molar-refractivity contribution in [3.8, 4) is 17.1 Å². The Kier molecular flexibility index (Phi) is 3.46. The first kappa shape index (κ1) is 15.3. The number of aryl methyl sites for hydroxylation is 1. The lowest BCUT2D eigenvalue weighted by Crippen LogP contribution is -2.48. The molecular formula is C18H22N4O2. The fraction of sp³-hybridized carbons (Fsp3) is 0.500. The van der Waals surface area contributed by atoms with Gasteiger partial charge >= 0.3 is 0 Å². The molecule has 3 N–H and O–H groups in total. The van der Waals surface area contributed by atoms with Crippen molar-refractivity contribution in [3.05, 3.63) is 29.0 Å². The van der Waals surface area contributed by atoms with Gasteiger partial charge in [-0.05, 0) is 63.1 Å². The summed E-state index contributed by atoms with van der Waals surface area (Å²) in [5.41, 5.74) is 3.84. The molecule has 6 heteroatoms. The zero-order chi connectivity index (χ0) is 16.9. The highest BCUT2D eigenvalue weighted by atomic mass is 16.3. The molecule has 4 rings (SSSR count). The maximum Gasteiger partial charge on any atom is 0.152 e. The lowest BCUT2D eigenvalue weighted by Gasteiger charge is -2.41. The zero-order valence-electron chi connectivity index (χ0n) is 14.0. The molecule has 0 aliphatic heterocycles. The number of aromatic hydroxyl groups is 1. The van der Waals surface area contributed by atoms with Crippen LogP contribution >= 0.6 is 0 Å². The van der Waals surface area contributed by atoms with Crippen LogP contribution in [0.5, 0.6) is 5.75 Å². The average molecular weight is 326 g/mol. The summed E-state index contributed by atoms with van der Waals surface area (Å²) in [7, 11) is 0. The third-order valence-corrected chi connectivity index (χ3v) is 4.98. The Balaban J connectivity index is 1.67. The second-order valence-electron chi connectivity index (χ2n) is 7.33. The molecule has 2 heterocycles. The summed E-state index contributed by atoms with van der Waals surface area (Å²) >= 11 is 0. The molecule has 2 aromatic rings. The number of hydrogen-bond donors (Lipinski definition) is 3. The maximum atomic E-state index is 10.2. The van der Waals surface area contributed by atoms with E-state index in [2.05, 4.69) is 20.5 Å². The van der Waals surface area contributed by atoms with E-state index in [0.717, 1.165) is 49.0 Å². The molecule has 0 atom stereocenters. The van der Waals surface area contributed by atoms with Gasteiger partial charge in [0.2, 0.25) is 0 Å². The van der Waals surface area contributed by atoms with E-state index in [-0.39, 0.29) is 11.8 Å². The van der Waals surface area contributed by atoms with Crippen molar-refractivity contribution in [2.45, 2.75) is 57.6 Å². The molecule has 2 aromatic heterocycles. The van der Waals surface area contributed by atoms with Crippen molar-refractivity contribution in [3.63, 3.8) is 0 Å². The first-order chi connectivity index (χ1) is 11.4. The van der Waals surface area contributed by atoms with Crippen LogP contribution in [0.4, 0.5) is 5.82 Å². The largest absolute Gasteiger partial charge is 0.506 e. The minimum atomic E-state index is -0.564. The molecule has 2 aliphatic rings. The molecule has 6 nitrogen and oxygen atoms in total. The van der Waals surface area contributed by atoms with Crippen LogP contribution in [-0.2, 0) is 12.8 Å². The average Bonchev–Trinajstić information content (AvgIpc) is 2.96. The number of aromatic nitrogens is 3. The molecule has 0 saturated heterocycles. The standard InChI is InChI=1S/C18H22N4O2/c1-10-6-14(23)16(19-9-10)15-12-4-3-5-13(12)17(22-21-15)20-11-7-18(2,24)8-11/h6,9,11,23-24H,3-5,7-8H2,1-2H3,(H,20,22). The van der Waals surface area contributed by atoms with Gasteiger partial charge in [0, 0.05) is 17.8 Å². The van der Waals surface area contributed by atoms with E-state index in [4.69, 9.17) is 0 Å². The van der Waals surface area contributed by atoms with Crippen LogP contribution in [0.15, 0.2) is 12.3 Å². The van der Waals surface area contributed by atoms with Crippen molar-refractivity contribution in [2.24, 2.45) is 0 Å². The Labute approximate surface area is 141 Å². The minimum absolute atomic E-state index is 0.147. The summed E-state index contributed by atoms with van der Waals surface area (Å²) < 4.78 is 0. The summed E-state index contributed by atoms with van der Waals surface area (Å²) in [6.07, 6.45) is 6.12. The molecular weight excluding hydrogens is 304 g/mol. The Morgan fingerprint density at radius 3 is 2.62 bits per heavy atom. The number of aliphatic hydroxyl groups is 1. The second kappa shape index (κ2) is 5.41. The summed E-state index contributed by atoms with van der Waals surface area (Å²) in [6.45, 7) is 3.75. The number of fused-ring (bicyclic) bond motifs is 1. The molecule has 0 radical (unpaired) electrons. The number of anilines is 1. The van der Waals surface area contributed by atoms with E-state index < -0.39 is 5.60 Å². The SMILES string of the molecule is Cc1cnc(-c2nnc(NC3CC(C)(O)C3)c3c2CCC3)c(O)c1. The first-order valence-corrected chi connectivity index (χ1v) is 8.46. The molecule has 126 valence electrons. The zero-order valence-corrected chi connectivity index (χ0v) is 14.0. The third-order valence-electron chi connectivity index (χ3n) is 4.98. The summed E-state index contributed by atoms with van der Waals surface area (Å²) in [5, 5.41) is 32.3. The number of nitrogens with one attached hydrogen (secondary N) is 1. The van der Waals surface area contributed by atoms with E-state index >= 15 is 0 Å². The van der Waals surface area contributed by atoms with Gasteiger partial charge in [0.05, 0.1) is 5.60 Å². The Bertz CT molecular complexity index is 796. The van der Waals surface area contributed by atoms with Crippen LogP contribution in [0.25, 0.3) is 11.4 Å². The minimum Gasteiger partial charge on any atom is -0.506 e. The van der Waals surface area contributed by atoms with Crippen LogP contribution in [0.1, 0.15) is 42.9 Å². The number of hydrogen-bond acceptors (Lipinski definition) is 6. The molecule has 0 unspecified atom stereocenters. The van der Waals surface area contributed by atoms with Gasteiger partial charge < -0.3 is 15.5 Å². The molecule has 0 aromatic carbocycles. The Morgan fingerprint density at radius 1 is 1.17 bits per heavy atom. The number of rotatable bonds is 3. The number of pyridine rings is 1. The predicted octanol–water partition coefficient (Wildman–Crippen LogP) is 2.37. The molecule has 0 spiro atoms. The van der Waals surface area contributed by atoms with Gasteiger partial charge in [-0.25, -0.2) is 0 Å². The van der Waals surface area contributed by atoms with E-state index in [1.165, 1.54) is 5.56 Å². The first-order valence-electron chi connectivity index (χ1n) is 8.46. The smallest absolute Gasteiger partial charge is 0.152 e. The third kappa shape index (κ3) is 2.60. The highest BCUT2D eigenvalue weighted by molar-refractivity contribution is 5.70. The fourth-order valence-electron chi connectivity index (χ4n) is 3.83. The molecule has 0 amide bonds. The fourth-order valence-corrected chi connectivity index (χ4v) is 3.83. The van der Waals surface area contributed by atoms with Gasteiger partial charge in [-0.15, -0.1) is 10.2 Å². The maximum absolute atomic E-state index is 10.2. The highest BCUT2D eigenvalue weighted by Gasteiger charge is 2.39. The Hall–Kier alpha value is -2.21. The van der Waals surface area contributed by atoms with Crippen molar-refractivity contribution in [1.29, 1.82) is 0 Å². The highest BCUT2D eigenvalue weighted by Crippen LogP contribution is 2.39. The predicted molar refractivity (Wildman–Crippen MR) is 91.0 cm³/mol. The number of nitrogens with zero attached hydrogens (tertiary/aromatic N) is 3. The lowest BCUT2D eigenvalue weighted by molar-refractivity contribution is -0.0235. The van der Waals surface area contributed by atoms with Gasteiger partial charge in [-0.1, -0.05) is 0 Å². The normalized spacial score (nSPS) is 25.2. The molecule has 1 fully saturated rings. The second-order valence-corrected chi connectivity index (χ2v) is 7.33. The van der Waals surface area contributed by atoms with Crippen molar-refractivity contribution >= 4 is 5.82 Å². The quantitative estimate of drug-likeness (QED) is 0.802. The molecule has 1 saturated carbocycles. The van der Waals surface area contributed by atoms with Crippen molar-refractivity contribution in [2.75, 3.05) is 5.32 Å².